The van der Waals surface area contributed by atoms with Crippen LogP contribution in [0.4, 0.5) is 16.2 Å². The number of anilines is 1. The van der Waals surface area contributed by atoms with Crippen molar-refractivity contribution in [2.24, 2.45) is 0 Å². The molecule has 0 fully saturated rings. The first kappa shape index (κ1) is 16.4. The van der Waals surface area contributed by atoms with Crippen LogP contribution in [0.2, 0.25) is 0 Å². The number of nitrogens with zero attached hydrogens (tertiary/aromatic N) is 2. The van der Waals surface area contributed by atoms with Gasteiger partial charge in [0.05, 0.1) is 16.1 Å². The van der Waals surface area contributed by atoms with Gasteiger partial charge in [0, 0.05) is 23.2 Å². The normalized spacial score (nSPS) is 10.4. The van der Waals surface area contributed by atoms with E-state index in [-0.39, 0.29) is 12.3 Å². The quantitative estimate of drug-likeness (QED) is 0.569. The molecule has 7 heteroatoms. The van der Waals surface area contributed by atoms with Crippen molar-refractivity contribution in [3.63, 3.8) is 0 Å². The molecule has 0 saturated carbocycles. The molecule has 0 atom stereocenters. The lowest BCUT2D eigenvalue weighted by Crippen LogP contribution is -2.14. The number of carbonyl (C=O) groups is 1. The summed E-state index contributed by atoms with van der Waals surface area (Å²) in [6.45, 7) is 1.91. The summed E-state index contributed by atoms with van der Waals surface area (Å²) in [5.74, 6) is 0. The van der Waals surface area contributed by atoms with Gasteiger partial charge in [-0.15, -0.1) is 0 Å². The molecular weight excluding hydrogens is 322 g/mol. The van der Waals surface area contributed by atoms with E-state index >= 15 is 0 Å². The number of hydrogen-bond donors (Lipinski definition) is 1. The van der Waals surface area contributed by atoms with Crippen LogP contribution in [-0.4, -0.2) is 16.0 Å². The summed E-state index contributed by atoms with van der Waals surface area (Å²) < 4.78 is 5.19. The van der Waals surface area contributed by atoms with Crippen LogP contribution < -0.4 is 5.32 Å². The van der Waals surface area contributed by atoms with Crippen molar-refractivity contribution >= 4 is 28.4 Å². The molecule has 1 N–H and O–H groups in total. The minimum absolute atomic E-state index is 0.0705. The lowest BCUT2D eigenvalue weighted by Gasteiger charge is -2.10. The highest BCUT2D eigenvalue weighted by Crippen LogP contribution is 2.27. The summed E-state index contributed by atoms with van der Waals surface area (Å²) in [6.07, 6.45) is -0.637. The van der Waals surface area contributed by atoms with Crippen LogP contribution in [0.15, 0.2) is 54.6 Å². The fraction of sp³-hybridized carbons (Fsp3) is 0.111. The Bertz CT molecular complexity index is 942. The number of non-ortho nitro benzene ring substituents is 1. The van der Waals surface area contributed by atoms with Crippen LogP contribution in [0.3, 0.4) is 0 Å². The Kier molecular flexibility index (Phi) is 4.56. The van der Waals surface area contributed by atoms with Gasteiger partial charge in [-0.05, 0) is 24.6 Å². The Morgan fingerprint density at radius 2 is 1.96 bits per heavy atom. The van der Waals surface area contributed by atoms with Gasteiger partial charge in [0.2, 0.25) is 0 Å². The first-order valence-electron chi connectivity index (χ1n) is 7.56. The van der Waals surface area contributed by atoms with E-state index in [2.05, 4.69) is 10.3 Å². The molecule has 126 valence electrons. The number of nitro benzene ring substituents is 1. The summed E-state index contributed by atoms with van der Waals surface area (Å²) >= 11 is 0. The van der Waals surface area contributed by atoms with Crippen molar-refractivity contribution in [2.45, 2.75) is 13.5 Å². The molecule has 0 radical (unpaired) electrons. The molecule has 2 aromatic carbocycles. The number of nitro groups is 1. The zero-order chi connectivity index (χ0) is 17.8. The highest BCUT2D eigenvalue weighted by Gasteiger charge is 2.13. The van der Waals surface area contributed by atoms with Crippen molar-refractivity contribution in [1.82, 2.24) is 4.98 Å². The number of amides is 1. The monoisotopic (exact) mass is 337 g/mol. The molecule has 3 rings (SSSR count). The maximum Gasteiger partial charge on any atom is 0.411 e. The van der Waals surface area contributed by atoms with Crippen molar-refractivity contribution < 1.29 is 14.5 Å². The summed E-state index contributed by atoms with van der Waals surface area (Å²) in [7, 11) is 0. The minimum atomic E-state index is -0.637. The Morgan fingerprint density at radius 1 is 1.20 bits per heavy atom. The highest BCUT2D eigenvalue weighted by atomic mass is 16.6. The average molecular weight is 337 g/mol. The summed E-state index contributed by atoms with van der Waals surface area (Å²) in [6, 6.07) is 15.3. The van der Waals surface area contributed by atoms with Crippen LogP contribution >= 0.6 is 0 Å². The molecule has 0 saturated heterocycles. The van der Waals surface area contributed by atoms with E-state index in [0.29, 0.717) is 22.3 Å². The van der Waals surface area contributed by atoms with E-state index in [1.165, 1.54) is 12.1 Å². The van der Waals surface area contributed by atoms with Gasteiger partial charge in [0.1, 0.15) is 6.61 Å². The molecule has 25 heavy (non-hydrogen) atoms. The second-order valence-corrected chi connectivity index (χ2v) is 5.46. The molecule has 0 aliphatic rings. The number of benzene rings is 2. The highest BCUT2D eigenvalue weighted by molar-refractivity contribution is 5.99. The van der Waals surface area contributed by atoms with Gasteiger partial charge >= 0.3 is 6.09 Å². The number of aromatic nitrogens is 1. The predicted octanol–water partition coefficient (Wildman–Crippen LogP) is 4.20. The summed E-state index contributed by atoms with van der Waals surface area (Å²) in [5, 5.41) is 14.1. The van der Waals surface area contributed by atoms with Gasteiger partial charge in [-0.1, -0.05) is 30.3 Å². The van der Waals surface area contributed by atoms with Crippen LogP contribution in [0.25, 0.3) is 10.9 Å². The number of aryl methyl sites for hydroxylation is 1. The average Bonchev–Trinajstić information content (AvgIpc) is 2.60. The molecule has 1 heterocycles. The van der Waals surface area contributed by atoms with E-state index in [1.807, 2.05) is 30.3 Å². The maximum absolute atomic E-state index is 12.1. The second-order valence-electron chi connectivity index (χ2n) is 5.46. The summed E-state index contributed by atoms with van der Waals surface area (Å²) in [4.78, 5) is 26.9. The zero-order valence-electron chi connectivity index (χ0n) is 13.4. The fourth-order valence-corrected chi connectivity index (χ4v) is 2.43. The van der Waals surface area contributed by atoms with Gasteiger partial charge in [-0.3, -0.25) is 20.4 Å². The molecule has 1 amide bonds. The molecule has 0 unspecified atom stereocenters. The Hall–Kier alpha value is -3.48. The van der Waals surface area contributed by atoms with E-state index in [1.54, 1.807) is 19.1 Å². The van der Waals surface area contributed by atoms with Crippen molar-refractivity contribution in [3.8, 4) is 0 Å². The number of ether oxygens (including phenoxy) is 1. The standard InChI is InChI=1S/C18H15N3O4/c1-12-9-17(15-10-14(21(23)24)7-8-16(15)19-12)20-18(22)25-11-13-5-3-2-4-6-13/h2-10H,11H2,1H3,(H,19,20,22). The second kappa shape index (κ2) is 6.96. The summed E-state index contributed by atoms with van der Waals surface area (Å²) in [5.41, 5.74) is 2.45. The van der Waals surface area contributed by atoms with E-state index in [0.717, 1.165) is 5.56 Å². The first-order chi connectivity index (χ1) is 12.0. The van der Waals surface area contributed by atoms with Crippen LogP contribution in [0.1, 0.15) is 11.3 Å². The SMILES string of the molecule is Cc1cc(NC(=O)OCc2ccccc2)c2cc([N+](=O)[O-])ccc2n1. The lowest BCUT2D eigenvalue weighted by molar-refractivity contribution is -0.384. The topological polar surface area (TPSA) is 94.4 Å². The smallest absolute Gasteiger partial charge is 0.411 e. The third kappa shape index (κ3) is 3.89. The predicted molar refractivity (Wildman–Crippen MR) is 93.4 cm³/mol. The number of carbonyl (C=O) groups excluding carboxylic acids is 1. The van der Waals surface area contributed by atoms with Crippen LogP contribution in [0, 0.1) is 17.0 Å². The molecule has 7 nitrogen and oxygen atoms in total. The maximum atomic E-state index is 12.1. The fourth-order valence-electron chi connectivity index (χ4n) is 2.43. The third-order valence-electron chi connectivity index (χ3n) is 3.58. The number of hydrogen-bond acceptors (Lipinski definition) is 5. The van der Waals surface area contributed by atoms with Crippen LogP contribution in [-0.2, 0) is 11.3 Å². The molecule has 0 aliphatic heterocycles. The Morgan fingerprint density at radius 3 is 2.68 bits per heavy atom. The third-order valence-corrected chi connectivity index (χ3v) is 3.58. The number of pyridine rings is 1. The number of rotatable bonds is 4. The van der Waals surface area contributed by atoms with E-state index < -0.39 is 11.0 Å². The number of nitrogens with one attached hydrogen (secondary N) is 1. The van der Waals surface area contributed by atoms with E-state index in [9.17, 15) is 14.9 Å². The molecule has 0 spiro atoms. The molecule has 0 aliphatic carbocycles. The van der Waals surface area contributed by atoms with Gasteiger partial charge in [0.25, 0.3) is 5.69 Å². The lowest BCUT2D eigenvalue weighted by atomic mass is 10.1. The molecule has 1 aromatic heterocycles. The van der Waals surface area contributed by atoms with Gasteiger partial charge in [0.15, 0.2) is 0 Å². The van der Waals surface area contributed by atoms with Gasteiger partial charge < -0.3 is 4.74 Å². The molecule has 3 aromatic rings. The zero-order valence-corrected chi connectivity index (χ0v) is 13.4. The largest absolute Gasteiger partial charge is 0.444 e. The number of fused-ring (bicyclic) bond motifs is 1. The Labute approximate surface area is 143 Å². The van der Waals surface area contributed by atoms with E-state index in [4.69, 9.17) is 4.74 Å². The molecular formula is C18H15N3O4. The first-order valence-corrected chi connectivity index (χ1v) is 7.56. The minimum Gasteiger partial charge on any atom is -0.444 e. The van der Waals surface area contributed by atoms with Crippen molar-refractivity contribution in [3.05, 3.63) is 76.0 Å². The van der Waals surface area contributed by atoms with Crippen molar-refractivity contribution in [1.29, 1.82) is 0 Å². The van der Waals surface area contributed by atoms with Gasteiger partial charge in [-0.25, -0.2) is 4.79 Å². The molecule has 0 bridgehead atoms. The Balaban J connectivity index is 1.83. The van der Waals surface area contributed by atoms with Gasteiger partial charge in [-0.2, -0.15) is 0 Å². The van der Waals surface area contributed by atoms with Crippen LogP contribution in [0.5, 0.6) is 0 Å². The van der Waals surface area contributed by atoms with Crippen molar-refractivity contribution in [2.75, 3.05) is 5.32 Å².